The predicted molar refractivity (Wildman–Crippen MR) is 121 cm³/mol. The van der Waals surface area contributed by atoms with Gasteiger partial charge in [0.15, 0.2) is 5.76 Å². The van der Waals surface area contributed by atoms with Crippen LogP contribution < -0.4 is 38.6 Å². The molecule has 4 aromatic rings. The van der Waals surface area contributed by atoms with E-state index in [1.807, 2.05) is 24.3 Å². The van der Waals surface area contributed by atoms with Gasteiger partial charge in [-0.2, -0.15) is 0 Å². The van der Waals surface area contributed by atoms with Crippen LogP contribution >= 0.6 is 7.26 Å². The van der Waals surface area contributed by atoms with Crippen molar-refractivity contribution in [2.24, 2.45) is 5.73 Å². The SMILES string of the molecule is NCC(=O)c1ccc(C[P+](c2ccccc2)(c2ccccc2)c2ccccc2)o1.[Br-]. The lowest BCUT2D eigenvalue weighted by Crippen LogP contribution is -3.00. The summed E-state index contributed by atoms with van der Waals surface area (Å²) in [6, 6.07) is 35.5. The average molecular weight is 480 g/mol. The van der Waals surface area contributed by atoms with E-state index in [0.717, 1.165) is 5.76 Å². The van der Waals surface area contributed by atoms with E-state index in [1.165, 1.54) is 15.9 Å². The number of Topliss-reactive ketones (excluding diaryl/α,β-unsaturated/α-hetero) is 1. The molecule has 0 aliphatic heterocycles. The molecule has 0 radical (unpaired) electrons. The molecule has 4 rings (SSSR count). The van der Waals surface area contributed by atoms with Crippen LogP contribution in [0.1, 0.15) is 16.3 Å². The minimum absolute atomic E-state index is 0. The molecule has 30 heavy (non-hydrogen) atoms. The fraction of sp³-hybridized carbons (Fsp3) is 0.0800. The van der Waals surface area contributed by atoms with Gasteiger partial charge in [0.1, 0.15) is 35.1 Å². The van der Waals surface area contributed by atoms with E-state index in [4.69, 9.17) is 10.2 Å². The second-order valence-electron chi connectivity index (χ2n) is 6.87. The van der Waals surface area contributed by atoms with Crippen LogP contribution in [0.15, 0.2) is 108 Å². The molecule has 2 N–H and O–H groups in total. The van der Waals surface area contributed by atoms with Crippen molar-refractivity contribution in [1.82, 2.24) is 0 Å². The molecule has 152 valence electrons. The van der Waals surface area contributed by atoms with Crippen LogP contribution in [0.5, 0.6) is 0 Å². The van der Waals surface area contributed by atoms with Gasteiger partial charge in [-0.05, 0) is 48.5 Å². The zero-order valence-corrected chi connectivity index (χ0v) is 18.9. The molecule has 3 aromatic carbocycles. The molecule has 0 atom stereocenters. The van der Waals surface area contributed by atoms with E-state index >= 15 is 0 Å². The Balaban J connectivity index is 0.00000256. The number of hydrogen-bond donors (Lipinski definition) is 1. The van der Waals surface area contributed by atoms with Gasteiger partial charge in [0.2, 0.25) is 5.78 Å². The first kappa shape index (κ1) is 22.2. The van der Waals surface area contributed by atoms with Gasteiger partial charge in [0.05, 0.1) is 6.54 Å². The summed E-state index contributed by atoms with van der Waals surface area (Å²) in [4.78, 5) is 12.0. The number of furan rings is 1. The van der Waals surface area contributed by atoms with Gasteiger partial charge in [0, 0.05) is 0 Å². The quantitative estimate of drug-likeness (QED) is 0.316. The number of benzene rings is 3. The smallest absolute Gasteiger partial charge is 0.211 e. The maximum Gasteiger partial charge on any atom is 0.211 e. The van der Waals surface area contributed by atoms with E-state index < -0.39 is 7.26 Å². The summed E-state index contributed by atoms with van der Waals surface area (Å²) in [5.74, 6) is 0.945. The van der Waals surface area contributed by atoms with Crippen molar-refractivity contribution >= 4 is 29.0 Å². The first-order valence-electron chi connectivity index (χ1n) is 9.61. The average Bonchev–Trinajstić information content (AvgIpc) is 3.27. The van der Waals surface area contributed by atoms with E-state index in [0.29, 0.717) is 11.9 Å². The van der Waals surface area contributed by atoms with Gasteiger partial charge in [-0.1, -0.05) is 54.6 Å². The van der Waals surface area contributed by atoms with Crippen LogP contribution in [-0.2, 0) is 6.16 Å². The molecule has 1 heterocycles. The molecule has 0 amide bonds. The summed E-state index contributed by atoms with van der Waals surface area (Å²) in [6.07, 6.45) is 0.697. The standard InChI is InChI=1S/C25H23NO2P.BrH/c26-18-24(27)25-17-16-20(28-25)19-29(21-10-4-1-5-11-21,22-12-6-2-7-13-22)23-14-8-3-9-15-23;/h1-17H,18-19,26H2;1H/q+1;/p-1. The van der Waals surface area contributed by atoms with Crippen molar-refractivity contribution in [1.29, 1.82) is 0 Å². The van der Waals surface area contributed by atoms with Crippen LogP contribution in [-0.4, -0.2) is 12.3 Å². The number of halogens is 1. The molecule has 3 nitrogen and oxygen atoms in total. The maximum absolute atomic E-state index is 12.0. The zero-order chi connectivity index (χ0) is 20.1. The lowest BCUT2D eigenvalue weighted by atomic mass is 10.3. The third-order valence-corrected chi connectivity index (χ3v) is 9.43. The topological polar surface area (TPSA) is 56.2 Å². The summed E-state index contributed by atoms with van der Waals surface area (Å²) in [6.45, 7) is -0.0523. The Morgan fingerprint density at radius 3 is 1.53 bits per heavy atom. The number of hydrogen-bond acceptors (Lipinski definition) is 3. The highest BCUT2D eigenvalue weighted by molar-refractivity contribution is 7.95. The fourth-order valence-electron chi connectivity index (χ4n) is 3.72. The van der Waals surface area contributed by atoms with Crippen LogP contribution in [0.4, 0.5) is 0 Å². The number of nitrogens with two attached hydrogens (primary N) is 1. The van der Waals surface area contributed by atoms with Gasteiger partial charge < -0.3 is 27.1 Å². The molecule has 0 spiro atoms. The summed E-state index contributed by atoms with van der Waals surface area (Å²) in [5.41, 5.74) is 5.51. The number of rotatable bonds is 7. The summed E-state index contributed by atoms with van der Waals surface area (Å²) < 4.78 is 5.95. The predicted octanol–water partition coefficient (Wildman–Crippen LogP) is 0.919. The highest BCUT2D eigenvalue weighted by Crippen LogP contribution is 2.58. The number of ketones is 1. The van der Waals surface area contributed by atoms with E-state index in [1.54, 1.807) is 6.07 Å². The minimum atomic E-state index is -2.04. The Labute approximate surface area is 188 Å². The second-order valence-corrected chi connectivity index (χ2v) is 10.4. The van der Waals surface area contributed by atoms with Crippen LogP contribution in [0.25, 0.3) is 0 Å². The Kier molecular flexibility index (Phi) is 7.38. The molecule has 0 aliphatic carbocycles. The molecule has 0 saturated heterocycles. The number of carbonyl (C=O) groups is 1. The third kappa shape index (κ3) is 4.32. The maximum atomic E-state index is 12.0. The van der Waals surface area contributed by atoms with Crippen molar-refractivity contribution in [3.63, 3.8) is 0 Å². The Morgan fingerprint density at radius 1 is 0.700 bits per heavy atom. The molecular weight excluding hydrogens is 457 g/mol. The molecule has 5 heteroatoms. The van der Waals surface area contributed by atoms with Gasteiger partial charge in [0.25, 0.3) is 0 Å². The molecule has 0 unspecified atom stereocenters. The first-order chi connectivity index (χ1) is 14.2. The van der Waals surface area contributed by atoms with Crippen molar-refractivity contribution in [2.45, 2.75) is 6.16 Å². The zero-order valence-electron chi connectivity index (χ0n) is 16.4. The van der Waals surface area contributed by atoms with Gasteiger partial charge in [-0.15, -0.1) is 0 Å². The van der Waals surface area contributed by atoms with Crippen molar-refractivity contribution in [3.05, 3.63) is 115 Å². The molecular formula is C25H23BrNO2P. The van der Waals surface area contributed by atoms with E-state index in [2.05, 4.69) is 72.8 Å². The molecule has 0 saturated carbocycles. The first-order valence-corrected chi connectivity index (χ1v) is 11.6. The van der Waals surface area contributed by atoms with Crippen molar-refractivity contribution in [3.8, 4) is 0 Å². The van der Waals surface area contributed by atoms with Crippen molar-refractivity contribution < 1.29 is 26.2 Å². The molecule has 1 aromatic heterocycles. The fourth-order valence-corrected chi connectivity index (χ4v) is 7.84. The highest BCUT2D eigenvalue weighted by atomic mass is 79.9. The Morgan fingerprint density at radius 2 is 1.13 bits per heavy atom. The summed E-state index contributed by atoms with van der Waals surface area (Å²) >= 11 is 0. The normalized spacial score (nSPS) is 11.0. The molecule has 0 aliphatic rings. The van der Waals surface area contributed by atoms with Crippen molar-refractivity contribution in [2.75, 3.05) is 6.54 Å². The van der Waals surface area contributed by atoms with Gasteiger partial charge in [-0.25, -0.2) is 0 Å². The van der Waals surface area contributed by atoms with Gasteiger partial charge in [-0.3, -0.25) is 4.79 Å². The third-order valence-electron chi connectivity index (χ3n) is 5.11. The second kappa shape index (κ2) is 9.99. The lowest BCUT2D eigenvalue weighted by Gasteiger charge is -2.26. The lowest BCUT2D eigenvalue weighted by molar-refractivity contribution is -0.0000134. The molecule has 0 bridgehead atoms. The minimum Gasteiger partial charge on any atom is -1.00 e. The Bertz CT molecular complexity index is 985. The highest BCUT2D eigenvalue weighted by Gasteiger charge is 2.46. The van der Waals surface area contributed by atoms with E-state index in [9.17, 15) is 4.79 Å². The number of carbonyl (C=O) groups excluding carboxylic acids is 1. The molecule has 0 fully saturated rings. The van der Waals surface area contributed by atoms with E-state index in [-0.39, 0.29) is 29.3 Å². The van der Waals surface area contributed by atoms with Crippen LogP contribution in [0.2, 0.25) is 0 Å². The van der Waals surface area contributed by atoms with Gasteiger partial charge >= 0.3 is 0 Å². The Hall–Kier alpha value is -2.52. The van der Waals surface area contributed by atoms with Crippen LogP contribution in [0.3, 0.4) is 0 Å². The summed E-state index contributed by atoms with van der Waals surface area (Å²) in [7, 11) is -2.04. The van der Waals surface area contributed by atoms with Crippen LogP contribution in [0, 0.1) is 0 Å². The largest absolute Gasteiger partial charge is 1.00 e. The summed E-state index contributed by atoms with van der Waals surface area (Å²) in [5, 5.41) is 3.83. The monoisotopic (exact) mass is 479 g/mol.